The van der Waals surface area contributed by atoms with E-state index in [2.05, 4.69) is 15.5 Å². The first-order valence-corrected chi connectivity index (χ1v) is 7.52. The summed E-state index contributed by atoms with van der Waals surface area (Å²) in [7, 11) is 0. The van der Waals surface area contributed by atoms with Crippen LogP contribution in [0.15, 0.2) is 36.8 Å². The van der Waals surface area contributed by atoms with Gasteiger partial charge < -0.3 is 5.32 Å². The second-order valence-corrected chi connectivity index (χ2v) is 5.89. The Morgan fingerprint density at radius 2 is 2.17 bits per heavy atom. The van der Waals surface area contributed by atoms with Gasteiger partial charge in [-0.3, -0.25) is 9.20 Å². The number of amides is 1. The first-order chi connectivity index (χ1) is 11.1. The highest BCUT2D eigenvalue weighted by atomic mass is 19.1. The summed E-state index contributed by atoms with van der Waals surface area (Å²) >= 11 is 0. The number of hydrogen-bond acceptors (Lipinski definition) is 3. The van der Waals surface area contributed by atoms with Crippen molar-refractivity contribution in [2.45, 2.75) is 25.8 Å². The number of fused-ring (bicyclic) bond motifs is 1. The van der Waals surface area contributed by atoms with Crippen molar-refractivity contribution in [3.8, 4) is 11.1 Å². The van der Waals surface area contributed by atoms with Crippen LogP contribution in [0.25, 0.3) is 16.8 Å². The molecule has 23 heavy (non-hydrogen) atoms. The van der Waals surface area contributed by atoms with E-state index in [0.29, 0.717) is 22.3 Å². The minimum absolute atomic E-state index is 0.226. The summed E-state index contributed by atoms with van der Waals surface area (Å²) in [6.07, 6.45) is 5.41. The lowest BCUT2D eigenvalue weighted by Crippen LogP contribution is -2.25. The van der Waals surface area contributed by atoms with Gasteiger partial charge >= 0.3 is 0 Å². The van der Waals surface area contributed by atoms with E-state index >= 15 is 0 Å². The van der Waals surface area contributed by atoms with Crippen molar-refractivity contribution < 1.29 is 9.18 Å². The number of halogens is 1. The Bertz CT molecular complexity index is 914. The second kappa shape index (κ2) is 5.15. The van der Waals surface area contributed by atoms with Crippen molar-refractivity contribution in [1.82, 2.24) is 19.9 Å². The number of pyridine rings is 1. The summed E-state index contributed by atoms with van der Waals surface area (Å²) in [5, 5.41) is 10.7. The fraction of sp³-hybridized carbons (Fsp3) is 0.235. The summed E-state index contributed by atoms with van der Waals surface area (Å²) < 4.78 is 16.1. The molecule has 0 unspecified atom stereocenters. The van der Waals surface area contributed by atoms with Gasteiger partial charge in [-0.1, -0.05) is 0 Å². The highest BCUT2D eigenvalue weighted by Crippen LogP contribution is 2.28. The zero-order chi connectivity index (χ0) is 16.0. The van der Waals surface area contributed by atoms with E-state index in [9.17, 15) is 9.18 Å². The van der Waals surface area contributed by atoms with E-state index in [4.69, 9.17) is 0 Å². The molecular formula is C17H15FN4O. The van der Waals surface area contributed by atoms with Crippen LogP contribution >= 0.6 is 0 Å². The molecule has 5 nitrogen and oxygen atoms in total. The molecule has 0 saturated heterocycles. The molecule has 1 aromatic carbocycles. The Morgan fingerprint density at radius 3 is 2.96 bits per heavy atom. The van der Waals surface area contributed by atoms with Crippen LogP contribution < -0.4 is 5.32 Å². The van der Waals surface area contributed by atoms with Gasteiger partial charge in [0.1, 0.15) is 12.1 Å². The molecule has 3 aromatic rings. The first-order valence-electron chi connectivity index (χ1n) is 7.52. The van der Waals surface area contributed by atoms with E-state index < -0.39 is 0 Å². The van der Waals surface area contributed by atoms with E-state index in [1.807, 2.05) is 18.3 Å². The monoisotopic (exact) mass is 310 g/mol. The number of nitrogens with one attached hydrogen (secondary N) is 1. The second-order valence-electron chi connectivity index (χ2n) is 5.89. The highest BCUT2D eigenvalue weighted by molar-refractivity contribution is 5.96. The SMILES string of the molecule is Cc1c(F)cc(C(=O)NC2CC2)cc1-c1ccn2cnnc2c1. The third-order valence-electron chi connectivity index (χ3n) is 4.13. The summed E-state index contributed by atoms with van der Waals surface area (Å²) in [6, 6.07) is 6.96. The van der Waals surface area contributed by atoms with Gasteiger partial charge in [0.15, 0.2) is 5.65 Å². The van der Waals surface area contributed by atoms with Crippen molar-refractivity contribution in [1.29, 1.82) is 0 Å². The van der Waals surface area contributed by atoms with Gasteiger partial charge in [-0.25, -0.2) is 4.39 Å². The van der Waals surface area contributed by atoms with E-state index in [1.54, 1.807) is 23.7 Å². The van der Waals surface area contributed by atoms with Gasteiger partial charge in [-0.2, -0.15) is 0 Å². The minimum atomic E-state index is -0.384. The average molecular weight is 310 g/mol. The quantitative estimate of drug-likeness (QED) is 0.809. The molecule has 4 rings (SSSR count). The summed E-state index contributed by atoms with van der Waals surface area (Å²) in [6.45, 7) is 1.71. The number of aromatic nitrogens is 3. The van der Waals surface area contributed by atoms with Crippen molar-refractivity contribution in [3.05, 3.63) is 53.7 Å². The molecule has 1 saturated carbocycles. The van der Waals surface area contributed by atoms with Crippen LogP contribution in [0.4, 0.5) is 4.39 Å². The molecule has 1 N–H and O–H groups in total. The predicted octanol–water partition coefficient (Wildman–Crippen LogP) is 2.74. The fourth-order valence-electron chi connectivity index (χ4n) is 2.59. The molecule has 0 aliphatic heterocycles. The molecule has 116 valence electrons. The molecule has 0 spiro atoms. The Labute approximate surface area is 132 Å². The summed E-state index contributed by atoms with van der Waals surface area (Å²) in [5.74, 6) is -0.610. The van der Waals surface area contributed by atoms with Gasteiger partial charge in [0.05, 0.1) is 0 Å². The number of benzene rings is 1. The standard InChI is InChI=1S/C17H15FN4O/c1-10-14(11-4-5-22-9-19-21-16(22)8-11)6-12(7-15(10)18)17(23)20-13-2-3-13/h4-9,13H,2-3H2,1H3,(H,20,23). The van der Waals surface area contributed by atoms with Crippen LogP contribution in [-0.2, 0) is 0 Å². The third kappa shape index (κ3) is 2.56. The van der Waals surface area contributed by atoms with E-state index in [1.165, 1.54) is 6.07 Å². The number of carbonyl (C=O) groups excluding carboxylic acids is 1. The predicted molar refractivity (Wildman–Crippen MR) is 83.6 cm³/mol. The topological polar surface area (TPSA) is 59.3 Å². The van der Waals surface area contributed by atoms with Crippen LogP contribution in [-0.4, -0.2) is 26.5 Å². The smallest absolute Gasteiger partial charge is 0.251 e. The maximum absolute atomic E-state index is 14.3. The molecule has 0 radical (unpaired) electrons. The van der Waals surface area contributed by atoms with Crippen LogP contribution in [0.2, 0.25) is 0 Å². The number of carbonyl (C=O) groups is 1. The molecule has 2 heterocycles. The van der Waals surface area contributed by atoms with Crippen LogP contribution in [0, 0.1) is 12.7 Å². The molecule has 2 aromatic heterocycles. The fourth-order valence-corrected chi connectivity index (χ4v) is 2.59. The van der Waals surface area contributed by atoms with Crippen LogP contribution in [0.3, 0.4) is 0 Å². The normalized spacial score (nSPS) is 14.2. The largest absolute Gasteiger partial charge is 0.349 e. The van der Waals surface area contributed by atoms with Gasteiger partial charge in [0.25, 0.3) is 5.91 Å². The zero-order valence-electron chi connectivity index (χ0n) is 12.6. The Balaban J connectivity index is 1.79. The molecule has 1 aliphatic rings. The number of rotatable bonds is 3. The lowest BCUT2D eigenvalue weighted by Gasteiger charge is -2.11. The Morgan fingerprint density at radius 1 is 1.35 bits per heavy atom. The van der Waals surface area contributed by atoms with Crippen LogP contribution in [0.5, 0.6) is 0 Å². The highest BCUT2D eigenvalue weighted by Gasteiger charge is 2.24. The van der Waals surface area contributed by atoms with Crippen LogP contribution in [0.1, 0.15) is 28.8 Å². The number of hydrogen-bond donors (Lipinski definition) is 1. The van der Waals surface area contributed by atoms with Crippen molar-refractivity contribution >= 4 is 11.6 Å². The van der Waals surface area contributed by atoms with Crippen molar-refractivity contribution in [2.75, 3.05) is 0 Å². The average Bonchev–Trinajstić information content (AvgIpc) is 3.23. The van der Waals surface area contributed by atoms with E-state index in [0.717, 1.165) is 18.4 Å². The maximum Gasteiger partial charge on any atom is 0.251 e. The molecule has 1 aliphatic carbocycles. The molecular weight excluding hydrogens is 295 g/mol. The summed E-state index contributed by atoms with van der Waals surface area (Å²) in [4.78, 5) is 12.2. The Hall–Kier alpha value is -2.76. The van der Waals surface area contributed by atoms with Gasteiger partial charge in [0.2, 0.25) is 0 Å². The van der Waals surface area contributed by atoms with Gasteiger partial charge in [-0.15, -0.1) is 10.2 Å². The third-order valence-corrected chi connectivity index (χ3v) is 4.13. The maximum atomic E-state index is 14.3. The lowest BCUT2D eigenvalue weighted by atomic mass is 9.98. The first kappa shape index (κ1) is 13.9. The van der Waals surface area contributed by atoms with E-state index in [-0.39, 0.29) is 17.8 Å². The van der Waals surface area contributed by atoms with Gasteiger partial charge in [-0.05, 0) is 60.7 Å². The van der Waals surface area contributed by atoms with Crippen molar-refractivity contribution in [3.63, 3.8) is 0 Å². The Kier molecular flexibility index (Phi) is 3.11. The molecule has 0 atom stereocenters. The van der Waals surface area contributed by atoms with Gasteiger partial charge in [0, 0.05) is 17.8 Å². The van der Waals surface area contributed by atoms with Crippen molar-refractivity contribution in [2.24, 2.45) is 0 Å². The molecule has 1 fully saturated rings. The molecule has 0 bridgehead atoms. The zero-order valence-corrected chi connectivity index (χ0v) is 12.6. The molecule has 6 heteroatoms. The summed E-state index contributed by atoms with van der Waals surface area (Å²) in [5.41, 5.74) is 3.03. The number of nitrogens with zero attached hydrogens (tertiary/aromatic N) is 3. The molecule has 1 amide bonds. The lowest BCUT2D eigenvalue weighted by molar-refractivity contribution is 0.0950. The minimum Gasteiger partial charge on any atom is -0.349 e.